The van der Waals surface area contributed by atoms with Gasteiger partial charge in [-0.05, 0) is 61.2 Å². The predicted molar refractivity (Wildman–Crippen MR) is 113 cm³/mol. The van der Waals surface area contributed by atoms with Gasteiger partial charge in [0.05, 0.1) is 12.6 Å². The van der Waals surface area contributed by atoms with Crippen molar-refractivity contribution in [1.82, 2.24) is 9.88 Å². The fourth-order valence-electron chi connectivity index (χ4n) is 4.14. The van der Waals surface area contributed by atoms with E-state index in [0.29, 0.717) is 18.7 Å². The van der Waals surface area contributed by atoms with Gasteiger partial charge in [-0.1, -0.05) is 18.2 Å². The Bertz CT molecular complexity index is 992. The number of hydrogen-bond acceptors (Lipinski definition) is 4. The first-order valence-corrected chi connectivity index (χ1v) is 10.0. The monoisotopic (exact) mass is 390 g/mol. The molecule has 1 N–H and O–H groups in total. The van der Waals surface area contributed by atoms with Crippen molar-refractivity contribution in [3.63, 3.8) is 0 Å². The Morgan fingerprint density at radius 2 is 1.90 bits per heavy atom. The van der Waals surface area contributed by atoms with E-state index in [-0.39, 0.29) is 17.9 Å². The number of ether oxygens (including phenoxy) is 1. The molecule has 0 spiro atoms. The van der Waals surface area contributed by atoms with Crippen LogP contribution in [0.5, 0.6) is 5.75 Å². The molecule has 5 nitrogen and oxygen atoms in total. The molecule has 4 rings (SSSR count). The molecule has 1 aliphatic rings. The van der Waals surface area contributed by atoms with Crippen LogP contribution in [0, 0.1) is 5.41 Å². The van der Waals surface area contributed by atoms with E-state index in [1.807, 2.05) is 47.4 Å². The third-order valence-electron chi connectivity index (χ3n) is 6.03. The molecule has 0 saturated carbocycles. The number of aliphatic hydroxyl groups is 1. The summed E-state index contributed by atoms with van der Waals surface area (Å²) >= 11 is 0. The van der Waals surface area contributed by atoms with Crippen molar-refractivity contribution in [1.29, 1.82) is 0 Å². The zero-order chi connectivity index (χ0) is 20.3. The zero-order valence-corrected chi connectivity index (χ0v) is 16.7. The molecule has 1 saturated heterocycles. The van der Waals surface area contributed by atoms with Crippen LogP contribution >= 0.6 is 0 Å². The van der Waals surface area contributed by atoms with Gasteiger partial charge in [0.1, 0.15) is 5.75 Å². The molecule has 1 aromatic heterocycles. The van der Waals surface area contributed by atoms with Crippen molar-refractivity contribution in [3.8, 4) is 5.75 Å². The minimum absolute atomic E-state index is 0.0479. The highest BCUT2D eigenvalue weighted by atomic mass is 16.5. The summed E-state index contributed by atoms with van der Waals surface area (Å²) < 4.78 is 5.22. The van der Waals surface area contributed by atoms with Crippen LogP contribution in [0.25, 0.3) is 10.9 Å². The molecule has 2 aromatic carbocycles. The van der Waals surface area contributed by atoms with Gasteiger partial charge in [-0.25, -0.2) is 0 Å². The number of likely N-dealkylation sites (tertiary alicyclic amines) is 1. The minimum Gasteiger partial charge on any atom is -0.497 e. The molecule has 29 heavy (non-hydrogen) atoms. The smallest absolute Gasteiger partial charge is 0.253 e. The van der Waals surface area contributed by atoms with Crippen molar-refractivity contribution >= 4 is 16.8 Å². The molecule has 0 radical (unpaired) electrons. The average Bonchev–Trinajstić information content (AvgIpc) is 2.79. The van der Waals surface area contributed by atoms with E-state index in [9.17, 15) is 9.90 Å². The van der Waals surface area contributed by atoms with E-state index in [0.717, 1.165) is 35.9 Å². The fourth-order valence-corrected chi connectivity index (χ4v) is 4.14. The second kappa shape index (κ2) is 8.21. The van der Waals surface area contributed by atoms with Crippen LogP contribution in [0.4, 0.5) is 0 Å². The topological polar surface area (TPSA) is 62.7 Å². The summed E-state index contributed by atoms with van der Waals surface area (Å²) in [5, 5.41) is 11.1. The molecular formula is C24H26N2O3. The number of methoxy groups -OCH3 is 1. The van der Waals surface area contributed by atoms with E-state index < -0.39 is 0 Å². The number of nitrogens with zero attached hydrogens (tertiary/aromatic N) is 2. The van der Waals surface area contributed by atoms with Crippen LogP contribution in [-0.4, -0.2) is 47.7 Å². The number of pyridine rings is 1. The Labute approximate surface area is 170 Å². The lowest BCUT2D eigenvalue weighted by Crippen LogP contribution is -2.45. The maximum atomic E-state index is 13.0. The third-order valence-corrected chi connectivity index (χ3v) is 6.03. The molecule has 150 valence electrons. The van der Waals surface area contributed by atoms with Gasteiger partial charge in [0, 0.05) is 42.3 Å². The standard InChI is InChI=1S/C24H26N2O3/c1-29-21-7-4-18(5-8-21)16-24(17-27)10-13-26(14-11-24)23(28)20-6-9-22-19(15-20)3-2-12-25-22/h2-9,12,15,27H,10-11,13-14,16-17H2,1H3. The van der Waals surface area contributed by atoms with Gasteiger partial charge in [-0.15, -0.1) is 0 Å². The first-order chi connectivity index (χ1) is 14.1. The number of carbonyl (C=O) groups is 1. The quantitative estimate of drug-likeness (QED) is 0.722. The summed E-state index contributed by atoms with van der Waals surface area (Å²) in [6.45, 7) is 1.43. The highest BCUT2D eigenvalue weighted by Crippen LogP contribution is 2.35. The van der Waals surface area contributed by atoms with Crippen LogP contribution in [-0.2, 0) is 6.42 Å². The van der Waals surface area contributed by atoms with E-state index >= 15 is 0 Å². The molecule has 3 aromatic rings. The Balaban J connectivity index is 1.44. The summed E-state index contributed by atoms with van der Waals surface area (Å²) in [5.41, 5.74) is 2.58. The van der Waals surface area contributed by atoms with Crippen molar-refractivity contribution in [2.45, 2.75) is 19.3 Å². The Hall–Kier alpha value is -2.92. The van der Waals surface area contributed by atoms with Crippen molar-refractivity contribution in [2.75, 3.05) is 26.8 Å². The zero-order valence-electron chi connectivity index (χ0n) is 16.7. The average molecular weight is 390 g/mol. The predicted octanol–water partition coefficient (Wildman–Crippen LogP) is 3.70. The van der Waals surface area contributed by atoms with Gasteiger partial charge < -0.3 is 14.7 Å². The molecular weight excluding hydrogens is 364 g/mol. The van der Waals surface area contributed by atoms with Gasteiger partial charge in [0.2, 0.25) is 0 Å². The second-order valence-electron chi connectivity index (χ2n) is 7.89. The van der Waals surface area contributed by atoms with Gasteiger partial charge in [-0.3, -0.25) is 9.78 Å². The molecule has 1 fully saturated rings. The number of fused-ring (bicyclic) bond motifs is 1. The Morgan fingerprint density at radius 3 is 2.59 bits per heavy atom. The van der Waals surface area contributed by atoms with Crippen LogP contribution in [0.3, 0.4) is 0 Å². The van der Waals surface area contributed by atoms with Crippen LogP contribution in [0.2, 0.25) is 0 Å². The number of hydrogen-bond donors (Lipinski definition) is 1. The number of benzene rings is 2. The maximum absolute atomic E-state index is 13.0. The molecule has 0 unspecified atom stereocenters. The van der Waals surface area contributed by atoms with E-state index in [4.69, 9.17) is 4.74 Å². The van der Waals surface area contributed by atoms with E-state index in [2.05, 4.69) is 17.1 Å². The Kier molecular flexibility index (Phi) is 5.49. The number of aliphatic hydroxyl groups excluding tert-OH is 1. The van der Waals surface area contributed by atoms with Crippen molar-refractivity contribution < 1.29 is 14.6 Å². The van der Waals surface area contributed by atoms with Crippen LogP contribution < -0.4 is 4.74 Å². The highest BCUT2D eigenvalue weighted by Gasteiger charge is 2.35. The lowest BCUT2D eigenvalue weighted by atomic mass is 9.74. The number of amides is 1. The van der Waals surface area contributed by atoms with E-state index in [1.165, 1.54) is 5.56 Å². The highest BCUT2D eigenvalue weighted by molar-refractivity contribution is 5.98. The van der Waals surface area contributed by atoms with Crippen LogP contribution in [0.1, 0.15) is 28.8 Å². The summed E-state index contributed by atoms with van der Waals surface area (Å²) in [6.07, 6.45) is 4.13. The second-order valence-corrected chi connectivity index (χ2v) is 7.89. The molecule has 0 aliphatic carbocycles. The van der Waals surface area contributed by atoms with Gasteiger partial charge >= 0.3 is 0 Å². The van der Waals surface area contributed by atoms with Gasteiger partial charge in [0.25, 0.3) is 5.91 Å². The van der Waals surface area contributed by atoms with Gasteiger partial charge in [-0.2, -0.15) is 0 Å². The summed E-state index contributed by atoms with van der Waals surface area (Å²) in [5.74, 6) is 0.879. The summed E-state index contributed by atoms with van der Waals surface area (Å²) in [4.78, 5) is 19.2. The molecule has 0 bridgehead atoms. The SMILES string of the molecule is COc1ccc(CC2(CO)CCN(C(=O)c3ccc4ncccc4c3)CC2)cc1. The lowest BCUT2D eigenvalue weighted by Gasteiger charge is -2.41. The van der Waals surface area contributed by atoms with Crippen molar-refractivity contribution in [3.05, 3.63) is 71.9 Å². The maximum Gasteiger partial charge on any atom is 0.253 e. The molecule has 1 aliphatic heterocycles. The van der Waals surface area contributed by atoms with Crippen molar-refractivity contribution in [2.24, 2.45) is 5.41 Å². The molecule has 5 heteroatoms. The Morgan fingerprint density at radius 1 is 1.14 bits per heavy atom. The third kappa shape index (κ3) is 4.10. The summed E-state index contributed by atoms with van der Waals surface area (Å²) in [6, 6.07) is 17.5. The van der Waals surface area contributed by atoms with Crippen LogP contribution in [0.15, 0.2) is 60.8 Å². The normalized spacial score (nSPS) is 16.0. The molecule has 1 amide bonds. The van der Waals surface area contributed by atoms with Gasteiger partial charge in [0.15, 0.2) is 0 Å². The van der Waals surface area contributed by atoms with E-state index in [1.54, 1.807) is 13.3 Å². The lowest BCUT2D eigenvalue weighted by molar-refractivity contribution is 0.0358. The number of rotatable bonds is 5. The minimum atomic E-state index is -0.182. The molecule has 0 atom stereocenters. The first kappa shape index (κ1) is 19.4. The number of piperidine rings is 1. The summed E-state index contributed by atoms with van der Waals surface area (Å²) in [7, 11) is 1.66. The first-order valence-electron chi connectivity index (χ1n) is 10.0. The molecule has 2 heterocycles. The number of carbonyl (C=O) groups excluding carboxylic acids is 1. The fraction of sp³-hybridized carbons (Fsp3) is 0.333. The largest absolute Gasteiger partial charge is 0.497 e. The number of aromatic nitrogens is 1.